The van der Waals surface area contributed by atoms with E-state index < -0.39 is 10.4 Å². The summed E-state index contributed by atoms with van der Waals surface area (Å²) in [7, 11) is -4.67. The minimum Gasteiger partial charge on any atom is -2.00 e. The van der Waals surface area contributed by atoms with Gasteiger partial charge in [-0.25, -0.2) is 0 Å². The molecule has 0 fully saturated rings. The van der Waals surface area contributed by atoms with Crippen LogP contribution >= 0.6 is 0 Å². The van der Waals surface area contributed by atoms with Crippen molar-refractivity contribution < 1.29 is 17.5 Å². The molecule has 8 heavy (non-hydrogen) atoms. The van der Waals surface area contributed by atoms with Crippen LogP contribution in [0.25, 0.3) is 0 Å². The Bertz CT molecular complexity index is 95.2. The molecule has 4 nitrogen and oxygen atoms in total. The second-order valence-corrected chi connectivity index (χ2v) is 1.34. The molecule has 0 aromatic heterocycles. The van der Waals surface area contributed by atoms with Crippen LogP contribution in [0.3, 0.4) is 0 Å². The van der Waals surface area contributed by atoms with Crippen LogP contribution in [0.2, 0.25) is 0 Å². The first-order valence-electron chi connectivity index (χ1n) is 0.698. The van der Waals surface area contributed by atoms with Gasteiger partial charge in [0, 0.05) is 0 Å². The number of hydrogen-bond donors (Lipinski definition) is 2. The van der Waals surface area contributed by atoms with Crippen LogP contribution in [0.5, 0.6) is 0 Å². The van der Waals surface area contributed by atoms with E-state index in [1.807, 2.05) is 0 Å². The van der Waals surface area contributed by atoms with E-state index in [4.69, 9.17) is 17.5 Å². The van der Waals surface area contributed by atoms with E-state index in [2.05, 4.69) is 0 Å². The molecule has 0 aliphatic carbocycles. The third-order valence-electron chi connectivity index (χ3n) is 0. The van der Waals surface area contributed by atoms with Crippen molar-refractivity contribution in [2.75, 3.05) is 0 Å². The predicted octanol–water partition coefficient (Wildman–Crippen LogP) is -1.42. The molecule has 0 heterocycles. The topological polar surface area (TPSA) is 74.6 Å². The second-order valence-electron chi connectivity index (χ2n) is 0.448. The SMILES string of the molecule is O=S(=O)(O)O.[Ba+2].[Ba+2].[S-2]. The Morgan fingerprint density at radius 3 is 1.00 bits per heavy atom. The van der Waals surface area contributed by atoms with E-state index in [0.717, 1.165) is 0 Å². The molecule has 0 radical (unpaired) electrons. The number of rotatable bonds is 0. The zero-order valence-electron chi connectivity index (χ0n) is 3.94. The Balaban J connectivity index is -0.0000000267. The predicted molar refractivity (Wildman–Crippen MR) is 33.1 cm³/mol. The first-order valence-corrected chi connectivity index (χ1v) is 2.10. The molecule has 0 aliphatic heterocycles. The molecule has 40 valence electrons. The van der Waals surface area contributed by atoms with Gasteiger partial charge in [0.05, 0.1) is 0 Å². The average Bonchev–Trinajstić information content (AvgIpc) is 0.722. The average molecular weight is 405 g/mol. The van der Waals surface area contributed by atoms with Crippen molar-refractivity contribution >= 4 is 122 Å². The van der Waals surface area contributed by atoms with Crippen molar-refractivity contribution in [2.45, 2.75) is 0 Å². The summed E-state index contributed by atoms with van der Waals surface area (Å²) in [6, 6.07) is 0. The van der Waals surface area contributed by atoms with E-state index in [1.54, 1.807) is 0 Å². The zero-order chi connectivity index (χ0) is 4.50. The van der Waals surface area contributed by atoms with Gasteiger partial charge < -0.3 is 13.5 Å². The minimum absolute atomic E-state index is 0. The summed E-state index contributed by atoms with van der Waals surface area (Å²) in [6.45, 7) is 0. The van der Waals surface area contributed by atoms with Crippen molar-refractivity contribution in [3.63, 3.8) is 0 Å². The smallest absolute Gasteiger partial charge is 2.00 e. The molecule has 0 rings (SSSR count). The fourth-order valence-electron chi connectivity index (χ4n) is 0. The largest absolute Gasteiger partial charge is 2.00 e. The normalized spacial score (nSPS) is 7.25. The van der Waals surface area contributed by atoms with Crippen LogP contribution in [0.15, 0.2) is 0 Å². The van der Waals surface area contributed by atoms with Gasteiger partial charge in [0.25, 0.3) is 0 Å². The van der Waals surface area contributed by atoms with Crippen LogP contribution in [-0.4, -0.2) is 115 Å². The second kappa shape index (κ2) is 10.4. The molecule has 0 spiro atoms. The summed E-state index contributed by atoms with van der Waals surface area (Å²) in [5.41, 5.74) is 0. The van der Waals surface area contributed by atoms with Gasteiger partial charge in [0.1, 0.15) is 0 Å². The van der Waals surface area contributed by atoms with Gasteiger partial charge in [-0.1, -0.05) is 0 Å². The first-order chi connectivity index (χ1) is 2.00. The molecule has 0 saturated carbocycles. The molecule has 0 unspecified atom stereocenters. The molecule has 2 N–H and O–H groups in total. The Morgan fingerprint density at radius 1 is 1.00 bits per heavy atom. The first kappa shape index (κ1) is 22.5. The molecule has 0 aromatic rings. The summed E-state index contributed by atoms with van der Waals surface area (Å²) in [4.78, 5) is 0. The quantitative estimate of drug-likeness (QED) is 0.384. The van der Waals surface area contributed by atoms with Crippen molar-refractivity contribution in [3.8, 4) is 0 Å². The van der Waals surface area contributed by atoms with Crippen LogP contribution in [-0.2, 0) is 23.9 Å². The van der Waals surface area contributed by atoms with Gasteiger partial charge in [0.15, 0.2) is 0 Å². The van der Waals surface area contributed by atoms with Crippen molar-refractivity contribution in [1.29, 1.82) is 0 Å². The maximum absolute atomic E-state index is 8.74. The molecule has 0 atom stereocenters. The van der Waals surface area contributed by atoms with Crippen LogP contribution < -0.4 is 0 Å². The summed E-state index contributed by atoms with van der Waals surface area (Å²) < 4.78 is 31.6. The van der Waals surface area contributed by atoms with E-state index in [-0.39, 0.29) is 111 Å². The molecular formula is H2Ba2O4S2+2. The summed E-state index contributed by atoms with van der Waals surface area (Å²) in [6.07, 6.45) is 0. The van der Waals surface area contributed by atoms with Crippen molar-refractivity contribution in [3.05, 3.63) is 0 Å². The van der Waals surface area contributed by atoms with E-state index >= 15 is 0 Å². The van der Waals surface area contributed by atoms with E-state index in [9.17, 15) is 0 Å². The van der Waals surface area contributed by atoms with Gasteiger partial charge in [-0.15, -0.1) is 0 Å². The van der Waals surface area contributed by atoms with Gasteiger partial charge in [-0.2, -0.15) is 8.42 Å². The van der Waals surface area contributed by atoms with Crippen LogP contribution in [0.1, 0.15) is 0 Å². The molecule has 0 aromatic carbocycles. The molecular weight excluding hydrogens is 403 g/mol. The maximum atomic E-state index is 8.74. The third kappa shape index (κ3) is 57.9. The fraction of sp³-hybridized carbons (Fsp3) is 0. The maximum Gasteiger partial charge on any atom is 2.00 e. The Kier molecular flexibility index (Phi) is 29.2. The fourth-order valence-corrected chi connectivity index (χ4v) is 0. The zero-order valence-corrected chi connectivity index (χ0v) is 14.5. The number of hydrogen-bond acceptors (Lipinski definition) is 2. The summed E-state index contributed by atoms with van der Waals surface area (Å²) >= 11 is 0. The molecule has 0 bridgehead atoms. The minimum atomic E-state index is -4.67. The van der Waals surface area contributed by atoms with E-state index in [1.165, 1.54) is 0 Å². The molecule has 0 saturated heterocycles. The third-order valence-corrected chi connectivity index (χ3v) is 0. The Labute approximate surface area is 135 Å². The van der Waals surface area contributed by atoms with Crippen molar-refractivity contribution in [2.24, 2.45) is 0 Å². The molecule has 0 amide bonds. The molecule has 8 heteroatoms. The van der Waals surface area contributed by atoms with Gasteiger partial charge in [-0.05, 0) is 0 Å². The Hall–Kier alpha value is 3.36. The van der Waals surface area contributed by atoms with E-state index in [0.29, 0.717) is 0 Å². The van der Waals surface area contributed by atoms with Crippen molar-refractivity contribution in [1.82, 2.24) is 0 Å². The van der Waals surface area contributed by atoms with Gasteiger partial charge in [-0.3, -0.25) is 9.11 Å². The van der Waals surface area contributed by atoms with Crippen LogP contribution in [0.4, 0.5) is 0 Å². The Morgan fingerprint density at radius 2 is 1.00 bits per heavy atom. The van der Waals surface area contributed by atoms with Gasteiger partial charge in [0.2, 0.25) is 0 Å². The van der Waals surface area contributed by atoms with Gasteiger partial charge >= 0.3 is 108 Å². The summed E-state index contributed by atoms with van der Waals surface area (Å²) in [5.74, 6) is 0. The molecule has 0 aliphatic rings. The summed E-state index contributed by atoms with van der Waals surface area (Å²) in [5, 5.41) is 0. The standard InChI is InChI=1S/2Ba.H2O4S.S/c;;1-5(2,3)4;/h;;(H2,1,2,3,4);/q2*+2;;-2. The monoisotopic (exact) mass is 406 g/mol. The van der Waals surface area contributed by atoms with Crippen LogP contribution in [0, 0.1) is 0 Å².